The average molecular weight is 376 g/mol. The van der Waals surface area contributed by atoms with Gasteiger partial charge in [-0.05, 0) is 33.6 Å². The fraction of sp³-hybridized carbons (Fsp3) is 0.778. The lowest BCUT2D eigenvalue weighted by Gasteiger charge is -2.12. The molecule has 0 radical (unpaired) electrons. The van der Waals surface area contributed by atoms with Crippen molar-refractivity contribution in [3.05, 3.63) is 0 Å². The van der Waals surface area contributed by atoms with Crippen molar-refractivity contribution in [2.45, 2.75) is 60.3 Å². The Bertz CT molecular complexity index is 415. The van der Waals surface area contributed by atoms with Crippen LogP contribution in [-0.4, -0.2) is 48.8 Å². The quantitative estimate of drug-likeness (QED) is 0.332. The van der Waals surface area contributed by atoms with Gasteiger partial charge in [0.05, 0.1) is 19.8 Å². The second kappa shape index (κ2) is 16.4. The maximum atomic E-state index is 11.3. The van der Waals surface area contributed by atoms with E-state index in [-0.39, 0.29) is 6.61 Å². The molecular formula is C18H32O8. The molecule has 0 aromatic rings. The van der Waals surface area contributed by atoms with E-state index in [9.17, 15) is 19.2 Å². The first-order valence-corrected chi connectivity index (χ1v) is 9.03. The van der Waals surface area contributed by atoms with Gasteiger partial charge in [0.1, 0.15) is 0 Å². The van der Waals surface area contributed by atoms with Crippen LogP contribution in [-0.2, 0) is 33.4 Å². The normalized spacial score (nSPS) is 11.0. The third kappa shape index (κ3) is 11.4. The summed E-state index contributed by atoms with van der Waals surface area (Å²) in [5, 5.41) is 8.60. The van der Waals surface area contributed by atoms with Gasteiger partial charge in [-0.2, -0.15) is 0 Å². The second-order valence-corrected chi connectivity index (χ2v) is 5.28. The number of carboxylic acids is 1. The number of hydrogen-bond acceptors (Lipinski definition) is 7. The van der Waals surface area contributed by atoms with Crippen LogP contribution in [0.2, 0.25) is 0 Å². The molecule has 0 aliphatic heterocycles. The van der Waals surface area contributed by atoms with E-state index in [1.165, 1.54) is 0 Å². The molecule has 0 amide bonds. The van der Waals surface area contributed by atoms with Crippen molar-refractivity contribution in [2.24, 2.45) is 11.8 Å². The molecule has 0 spiro atoms. The summed E-state index contributed by atoms with van der Waals surface area (Å²) in [4.78, 5) is 44.1. The van der Waals surface area contributed by atoms with Crippen LogP contribution in [0, 0.1) is 11.8 Å². The van der Waals surface area contributed by atoms with Gasteiger partial charge in [-0.25, -0.2) is 0 Å². The molecule has 152 valence electrons. The molecule has 8 heteroatoms. The van der Waals surface area contributed by atoms with Crippen molar-refractivity contribution >= 4 is 23.9 Å². The summed E-state index contributed by atoms with van der Waals surface area (Å²) in [5.74, 6) is -4.43. The minimum Gasteiger partial charge on any atom is -0.481 e. The first-order valence-electron chi connectivity index (χ1n) is 9.03. The van der Waals surface area contributed by atoms with Gasteiger partial charge in [-0.3, -0.25) is 19.2 Å². The SMILES string of the molecule is CCCC(C(=O)O)C(=O)OCC.CCCC(C(=O)OCC)C(=O)OCC. The molecule has 0 saturated heterocycles. The average Bonchev–Trinajstić information content (AvgIpc) is 2.58. The molecule has 0 aromatic carbocycles. The summed E-state index contributed by atoms with van der Waals surface area (Å²) in [6.45, 7) is 9.63. The van der Waals surface area contributed by atoms with Crippen molar-refractivity contribution in [3.63, 3.8) is 0 Å². The molecular weight excluding hydrogens is 344 g/mol. The molecule has 8 nitrogen and oxygen atoms in total. The zero-order chi connectivity index (χ0) is 20.5. The van der Waals surface area contributed by atoms with Gasteiger partial charge in [0.15, 0.2) is 11.8 Å². The predicted molar refractivity (Wildman–Crippen MR) is 94.3 cm³/mol. The summed E-state index contributed by atoms with van der Waals surface area (Å²) < 4.78 is 14.2. The molecule has 0 aromatic heterocycles. The van der Waals surface area contributed by atoms with E-state index in [4.69, 9.17) is 14.6 Å². The minimum absolute atomic E-state index is 0.228. The van der Waals surface area contributed by atoms with Crippen LogP contribution < -0.4 is 0 Å². The Morgan fingerprint density at radius 1 is 0.654 bits per heavy atom. The van der Waals surface area contributed by atoms with Gasteiger partial charge in [0.2, 0.25) is 0 Å². The first kappa shape index (κ1) is 26.1. The van der Waals surface area contributed by atoms with Gasteiger partial charge in [0.25, 0.3) is 0 Å². The fourth-order valence-corrected chi connectivity index (χ4v) is 1.98. The highest BCUT2D eigenvalue weighted by molar-refractivity contribution is 5.95. The van der Waals surface area contributed by atoms with Gasteiger partial charge >= 0.3 is 23.9 Å². The second-order valence-electron chi connectivity index (χ2n) is 5.28. The topological polar surface area (TPSA) is 116 Å². The van der Waals surface area contributed by atoms with Crippen LogP contribution in [0.1, 0.15) is 60.3 Å². The number of hydrogen-bond donors (Lipinski definition) is 1. The van der Waals surface area contributed by atoms with Crippen molar-refractivity contribution < 1.29 is 38.5 Å². The van der Waals surface area contributed by atoms with E-state index in [1.54, 1.807) is 20.8 Å². The minimum atomic E-state index is -1.10. The number of esters is 3. The molecule has 0 heterocycles. The number of ether oxygens (including phenoxy) is 3. The smallest absolute Gasteiger partial charge is 0.320 e. The van der Waals surface area contributed by atoms with E-state index in [1.807, 2.05) is 13.8 Å². The van der Waals surface area contributed by atoms with Gasteiger partial charge in [-0.1, -0.05) is 26.7 Å². The van der Waals surface area contributed by atoms with Gasteiger partial charge < -0.3 is 19.3 Å². The Kier molecular flexibility index (Phi) is 16.4. The van der Waals surface area contributed by atoms with Crippen molar-refractivity contribution in [3.8, 4) is 0 Å². The number of aliphatic carboxylic acids is 1. The Balaban J connectivity index is 0. The van der Waals surface area contributed by atoms with Crippen LogP contribution >= 0.6 is 0 Å². The molecule has 0 fully saturated rings. The van der Waals surface area contributed by atoms with Gasteiger partial charge in [0, 0.05) is 0 Å². The van der Waals surface area contributed by atoms with Crippen LogP contribution in [0.3, 0.4) is 0 Å². The summed E-state index contributed by atoms with van der Waals surface area (Å²) >= 11 is 0. The number of carboxylic acid groups (broad SMARTS) is 1. The standard InChI is InChI=1S/C10H18O4.C8H14O4/c1-4-7-8(9(11)13-5-2)10(12)14-6-3;1-3-5-6(7(9)10)8(11)12-4-2/h8H,4-7H2,1-3H3;6H,3-5H2,1-2H3,(H,9,10). The fourth-order valence-electron chi connectivity index (χ4n) is 1.98. The third-order valence-electron chi connectivity index (χ3n) is 3.17. The monoisotopic (exact) mass is 376 g/mol. The number of rotatable bonds is 11. The lowest BCUT2D eigenvalue weighted by molar-refractivity contribution is -0.162. The third-order valence-corrected chi connectivity index (χ3v) is 3.17. The number of carbonyl (C=O) groups excluding carboxylic acids is 3. The Hall–Kier alpha value is -2.12. The first-order chi connectivity index (χ1) is 12.3. The van der Waals surface area contributed by atoms with Gasteiger partial charge in [-0.15, -0.1) is 0 Å². The van der Waals surface area contributed by atoms with E-state index in [0.29, 0.717) is 32.5 Å². The van der Waals surface area contributed by atoms with Crippen LogP contribution in [0.5, 0.6) is 0 Å². The largest absolute Gasteiger partial charge is 0.481 e. The highest BCUT2D eigenvalue weighted by atomic mass is 16.6. The van der Waals surface area contributed by atoms with E-state index < -0.39 is 35.7 Å². The maximum Gasteiger partial charge on any atom is 0.320 e. The lowest BCUT2D eigenvalue weighted by Crippen LogP contribution is -2.27. The van der Waals surface area contributed by atoms with E-state index in [2.05, 4.69) is 4.74 Å². The molecule has 0 rings (SSSR count). The Morgan fingerprint density at radius 3 is 1.23 bits per heavy atom. The summed E-state index contributed by atoms with van der Waals surface area (Å²) in [6.07, 6.45) is 2.24. The predicted octanol–water partition coefficient (Wildman–Crippen LogP) is 2.58. The zero-order valence-corrected chi connectivity index (χ0v) is 16.4. The lowest BCUT2D eigenvalue weighted by atomic mass is 10.0. The highest BCUT2D eigenvalue weighted by Gasteiger charge is 2.28. The molecule has 1 unspecified atom stereocenters. The molecule has 0 bridgehead atoms. The van der Waals surface area contributed by atoms with Crippen LogP contribution in [0.15, 0.2) is 0 Å². The Labute approximate surface area is 155 Å². The van der Waals surface area contributed by atoms with Crippen molar-refractivity contribution in [1.82, 2.24) is 0 Å². The van der Waals surface area contributed by atoms with Crippen molar-refractivity contribution in [2.75, 3.05) is 19.8 Å². The maximum absolute atomic E-state index is 11.3. The Morgan fingerprint density at radius 2 is 0.962 bits per heavy atom. The molecule has 1 N–H and O–H groups in total. The van der Waals surface area contributed by atoms with E-state index in [0.717, 1.165) is 6.42 Å². The highest BCUT2D eigenvalue weighted by Crippen LogP contribution is 2.11. The molecule has 26 heavy (non-hydrogen) atoms. The summed E-state index contributed by atoms with van der Waals surface area (Å²) in [6, 6.07) is 0. The summed E-state index contributed by atoms with van der Waals surface area (Å²) in [7, 11) is 0. The number of carbonyl (C=O) groups is 4. The molecule has 0 aliphatic carbocycles. The zero-order valence-electron chi connectivity index (χ0n) is 16.4. The van der Waals surface area contributed by atoms with E-state index >= 15 is 0 Å². The van der Waals surface area contributed by atoms with Crippen molar-refractivity contribution in [1.29, 1.82) is 0 Å². The molecule has 0 aliphatic rings. The molecule has 0 saturated carbocycles. The van der Waals surface area contributed by atoms with Crippen LogP contribution in [0.4, 0.5) is 0 Å². The molecule has 1 atom stereocenters. The van der Waals surface area contributed by atoms with Crippen LogP contribution in [0.25, 0.3) is 0 Å². The summed E-state index contributed by atoms with van der Waals surface area (Å²) in [5.41, 5.74) is 0.